The highest BCUT2D eigenvalue weighted by molar-refractivity contribution is 7.24. The van der Waals surface area contributed by atoms with Crippen LogP contribution in [0.25, 0.3) is 5.57 Å². The monoisotopic (exact) mass is 398 g/mol. The van der Waals surface area contributed by atoms with Crippen LogP contribution < -0.4 is 4.74 Å². The molecular weight excluding hydrogens is 367 g/mol. The molecule has 1 unspecified atom stereocenters. The summed E-state index contributed by atoms with van der Waals surface area (Å²) in [6, 6.07) is 14.6. The average molecular weight is 398 g/mol. The van der Waals surface area contributed by atoms with Crippen molar-refractivity contribution < 1.29 is 14.6 Å². The van der Waals surface area contributed by atoms with Crippen molar-refractivity contribution >= 4 is 20.8 Å². The Kier molecular flexibility index (Phi) is 13.1. The largest absolute Gasteiger partial charge is 0.508 e. The van der Waals surface area contributed by atoms with Crippen molar-refractivity contribution in [2.45, 2.75) is 34.6 Å². The molecule has 0 aliphatic heterocycles. The van der Waals surface area contributed by atoms with E-state index in [2.05, 4.69) is 15.8 Å². The molecule has 0 spiro atoms. The third-order valence-electron chi connectivity index (χ3n) is 3.36. The van der Waals surface area contributed by atoms with Gasteiger partial charge in [0.25, 0.3) is 0 Å². The lowest BCUT2D eigenvalue weighted by Gasteiger charge is -2.12. The summed E-state index contributed by atoms with van der Waals surface area (Å²) in [6.45, 7) is 13.0. The molecule has 0 amide bonds. The van der Waals surface area contributed by atoms with Crippen molar-refractivity contribution in [3.63, 3.8) is 0 Å². The zero-order valence-electron chi connectivity index (χ0n) is 17.4. The Bertz CT molecular complexity index is 782. The fraction of sp³-hybridized carbons (Fsp3) is 0.208. The molecule has 1 N–H and O–H groups in total. The molecule has 4 heteroatoms. The van der Waals surface area contributed by atoms with Crippen molar-refractivity contribution in [3.05, 3.63) is 89.8 Å². The van der Waals surface area contributed by atoms with Gasteiger partial charge in [-0.3, -0.25) is 4.79 Å². The van der Waals surface area contributed by atoms with Crippen LogP contribution in [0.5, 0.6) is 11.5 Å². The normalized spacial score (nSPS) is 10.6. The Labute approximate surface area is 171 Å². The Morgan fingerprint density at radius 1 is 1.11 bits per heavy atom. The molecular formula is C24H31O3P. The molecule has 3 nitrogen and oxygen atoms in total. The second-order valence-corrected chi connectivity index (χ2v) is 6.11. The van der Waals surface area contributed by atoms with Crippen LogP contribution in [0.15, 0.2) is 78.7 Å². The lowest BCUT2D eigenvalue weighted by Crippen LogP contribution is -2.03. The van der Waals surface area contributed by atoms with Gasteiger partial charge < -0.3 is 9.84 Å². The molecule has 0 bridgehead atoms. The van der Waals surface area contributed by atoms with E-state index in [1.807, 2.05) is 70.2 Å². The number of aryl methyl sites for hydroxylation is 1. The fourth-order valence-corrected chi connectivity index (χ4v) is 2.63. The van der Waals surface area contributed by atoms with Gasteiger partial charge in [-0.15, -0.1) is 9.24 Å². The number of hydrogen-bond acceptors (Lipinski definition) is 3. The fourth-order valence-electron chi connectivity index (χ4n) is 2.17. The molecule has 0 radical (unpaired) electrons. The summed E-state index contributed by atoms with van der Waals surface area (Å²) in [5.74, 6) is 0.571. The van der Waals surface area contributed by atoms with Gasteiger partial charge >= 0.3 is 5.97 Å². The van der Waals surface area contributed by atoms with E-state index in [1.165, 1.54) is 12.5 Å². The highest BCUT2D eigenvalue weighted by Gasteiger charge is 2.10. The minimum atomic E-state index is -0.323. The van der Waals surface area contributed by atoms with E-state index in [1.54, 1.807) is 24.3 Å². The van der Waals surface area contributed by atoms with Crippen molar-refractivity contribution in [3.8, 4) is 11.5 Å². The maximum Gasteiger partial charge on any atom is 0.308 e. The number of ether oxygens (including phenoxy) is 1. The van der Waals surface area contributed by atoms with Gasteiger partial charge in [0.05, 0.1) is 0 Å². The van der Waals surface area contributed by atoms with Crippen LogP contribution in [-0.4, -0.2) is 11.1 Å². The summed E-state index contributed by atoms with van der Waals surface area (Å²) >= 11 is 0. The smallest absolute Gasteiger partial charge is 0.308 e. The van der Waals surface area contributed by atoms with Crippen molar-refractivity contribution in [1.29, 1.82) is 0 Å². The summed E-state index contributed by atoms with van der Waals surface area (Å²) in [5, 5.41) is 9.75. The van der Waals surface area contributed by atoms with E-state index in [4.69, 9.17) is 9.84 Å². The lowest BCUT2D eigenvalue weighted by atomic mass is 10.0. The van der Waals surface area contributed by atoms with Gasteiger partial charge in [-0.1, -0.05) is 74.5 Å². The summed E-state index contributed by atoms with van der Waals surface area (Å²) in [4.78, 5) is 11.1. The van der Waals surface area contributed by atoms with E-state index in [0.29, 0.717) is 11.5 Å². The molecule has 0 saturated heterocycles. The number of aromatic hydroxyl groups is 1. The molecule has 2 rings (SSSR count). The van der Waals surface area contributed by atoms with E-state index in [-0.39, 0.29) is 5.97 Å². The number of carbonyl (C=O) groups is 1. The summed E-state index contributed by atoms with van der Waals surface area (Å²) in [5.41, 5.74) is 3.05. The highest BCUT2D eigenvalue weighted by Crippen LogP contribution is 2.33. The summed E-state index contributed by atoms with van der Waals surface area (Å²) < 4.78 is 5.21. The number of rotatable bonds is 4. The van der Waals surface area contributed by atoms with Crippen LogP contribution >= 0.6 is 9.24 Å². The van der Waals surface area contributed by atoms with Gasteiger partial charge in [-0.25, -0.2) is 0 Å². The first kappa shape index (κ1) is 25.4. The zero-order valence-corrected chi connectivity index (χ0v) is 18.6. The number of benzene rings is 2. The predicted molar refractivity (Wildman–Crippen MR) is 124 cm³/mol. The maximum absolute atomic E-state index is 11.1. The number of phenols is 1. The summed E-state index contributed by atoms with van der Waals surface area (Å²) in [6.07, 6.45) is 5.59. The van der Waals surface area contributed by atoms with Crippen LogP contribution in [0.1, 0.15) is 38.8 Å². The first-order chi connectivity index (χ1) is 13.4. The molecule has 0 fully saturated rings. The van der Waals surface area contributed by atoms with E-state index in [9.17, 15) is 4.79 Å². The number of esters is 1. The van der Waals surface area contributed by atoms with E-state index < -0.39 is 0 Å². The SMILES string of the molecule is C=C/C=C(P)\C(=C/C)c1ccccc1OC(C)=O.CC.Cc1ccc(O)cc1. The highest BCUT2D eigenvalue weighted by atomic mass is 31.0. The number of para-hydroxylation sites is 1. The first-order valence-electron chi connectivity index (χ1n) is 9.17. The summed E-state index contributed by atoms with van der Waals surface area (Å²) in [7, 11) is 2.66. The molecule has 2 aromatic carbocycles. The maximum atomic E-state index is 11.1. The van der Waals surface area contributed by atoms with Gasteiger partial charge in [-0.05, 0) is 42.9 Å². The Hall–Kier alpha value is -2.64. The average Bonchev–Trinajstić information content (AvgIpc) is 2.68. The zero-order chi connectivity index (χ0) is 21.5. The van der Waals surface area contributed by atoms with Crippen LogP contribution in [0.4, 0.5) is 0 Å². The minimum absolute atomic E-state index is 0.323. The second kappa shape index (κ2) is 14.4. The Morgan fingerprint density at radius 3 is 2.14 bits per heavy atom. The van der Waals surface area contributed by atoms with Crippen LogP contribution in [0.3, 0.4) is 0 Å². The molecule has 1 atom stereocenters. The molecule has 0 saturated carbocycles. The van der Waals surface area contributed by atoms with Gasteiger partial charge in [0, 0.05) is 12.5 Å². The van der Waals surface area contributed by atoms with Crippen molar-refractivity contribution in [1.82, 2.24) is 0 Å². The van der Waals surface area contributed by atoms with Crippen molar-refractivity contribution in [2.75, 3.05) is 0 Å². The number of allylic oxidation sites excluding steroid dienone is 5. The number of carbonyl (C=O) groups excluding carboxylic acids is 1. The van der Waals surface area contributed by atoms with Crippen LogP contribution in [0.2, 0.25) is 0 Å². The molecule has 0 aromatic heterocycles. The predicted octanol–water partition coefficient (Wildman–Crippen LogP) is 6.69. The topological polar surface area (TPSA) is 46.5 Å². The molecule has 2 aromatic rings. The third-order valence-corrected chi connectivity index (χ3v) is 3.87. The number of hydrogen-bond donors (Lipinski definition) is 1. The van der Waals surface area contributed by atoms with Crippen molar-refractivity contribution in [2.24, 2.45) is 0 Å². The van der Waals surface area contributed by atoms with E-state index >= 15 is 0 Å². The molecule has 0 aliphatic rings. The van der Waals surface area contributed by atoms with Gasteiger partial charge in [0.15, 0.2) is 0 Å². The Morgan fingerprint density at radius 2 is 1.68 bits per heavy atom. The van der Waals surface area contributed by atoms with Crippen LogP contribution in [0, 0.1) is 6.92 Å². The quantitative estimate of drug-likeness (QED) is 0.270. The van der Waals surface area contributed by atoms with Gasteiger partial charge in [0.2, 0.25) is 0 Å². The molecule has 28 heavy (non-hydrogen) atoms. The third kappa shape index (κ3) is 9.34. The molecule has 0 heterocycles. The second-order valence-electron chi connectivity index (χ2n) is 5.49. The molecule has 150 valence electrons. The Balaban J connectivity index is 0.000000604. The standard InChI is InChI=1S/C15H17O2P.C7H8O.C2H6/c1-4-8-15(18)12(5-2)13-9-6-7-10-14(13)17-11(3)16;1-6-2-4-7(8)5-3-6;1-2/h4-10H,1,18H2,2-3H3;2-5,8H,1H3;1-2H3/b12-5-,15-8+;;. The van der Waals surface area contributed by atoms with Gasteiger partial charge in [0.1, 0.15) is 11.5 Å². The minimum Gasteiger partial charge on any atom is -0.508 e. The number of phenolic OH excluding ortho intramolecular Hbond substituents is 1. The first-order valence-corrected chi connectivity index (χ1v) is 9.75. The van der Waals surface area contributed by atoms with Crippen LogP contribution in [-0.2, 0) is 4.79 Å². The molecule has 0 aliphatic carbocycles. The van der Waals surface area contributed by atoms with E-state index in [0.717, 1.165) is 16.5 Å². The van der Waals surface area contributed by atoms with Gasteiger partial charge in [-0.2, -0.15) is 0 Å². The lowest BCUT2D eigenvalue weighted by molar-refractivity contribution is -0.131.